The third-order valence-electron chi connectivity index (χ3n) is 4.87. The molecule has 1 heterocycles. The molecule has 13 heteroatoms. The number of hydrogen-bond acceptors (Lipinski definition) is 6. The second kappa shape index (κ2) is 11.2. The molecule has 37 heavy (non-hydrogen) atoms. The first-order valence-electron chi connectivity index (χ1n) is 10.8. The van der Waals surface area contributed by atoms with Crippen LogP contribution in [-0.2, 0) is 6.54 Å². The van der Waals surface area contributed by atoms with E-state index >= 15 is 0 Å². The third kappa shape index (κ3) is 7.94. The minimum Gasteiger partial charge on any atom is -0.439 e. The number of rotatable bonds is 10. The van der Waals surface area contributed by atoms with Gasteiger partial charge in [-0.05, 0) is 54.8 Å². The van der Waals surface area contributed by atoms with Crippen LogP contribution >= 0.6 is 0 Å². The predicted molar refractivity (Wildman–Crippen MR) is 119 cm³/mol. The molecular weight excluding hydrogens is 511 g/mol. The molecule has 0 amide bonds. The van der Waals surface area contributed by atoms with Crippen LogP contribution in [0.3, 0.4) is 0 Å². The molecule has 0 bridgehead atoms. The summed E-state index contributed by atoms with van der Waals surface area (Å²) in [6, 6.07) is 11.2. The Balaban J connectivity index is 1.90. The maximum atomic E-state index is 13.3. The summed E-state index contributed by atoms with van der Waals surface area (Å²) in [5.74, 6) is -0.481. The van der Waals surface area contributed by atoms with Gasteiger partial charge >= 0.3 is 18.7 Å². The minimum atomic E-state index is -4.98. The predicted octanol–water partition coefficient (Wildman–Crippen LogP) is 6.05. The number of aryl methyl sites for hydroxylation is 2. The normalized spacial score (nSPS) is 12.9. The van der Waals surface area contributed by atoms with E-state index in [2.05, 4.69) is 14.7 Å². The summed E-state index contributed by atoms with van der Waals surface area (Å²) in [4.78, 5) is 9.03. The van der Waals surface area contributed by atoms with Crippen molar-refractivity contribution in [2.24, 2.45) is 0 Å². The van der Waals surface area contributed by atoms with E-state index in [4.69, 9.17) is 4.74 Å². The molecule has 200 valence electrons. The first kappa shape index (κ1) is 28.0. The van der Waals surface area contributed by atoms with Crippen molar-refractivity contribution in [1.82, 2.24) is 9.97 Å². The number of aliphatic hydroxyl groups excluding tert-OH is 1. The molecule has 3 aromatic rings. The number of anilines is 1. The molecule has 3 rings (SSSR count). The quantitative estimate of drug-likeness (QED) is 0.320. The van der Waals surface area contributed by atoms with E-state index in [-0.39, 0.29) is 17.4 Å². The summed E-state index contributed by atoms with van der Waals surface area (Å²) in [7, 11) is 0. The lowest BCUT2D eigenvalue weighted by Crippen LogP contribution is -2.41. The number of hydrogen-bond donors (Lipinski definition) is 1. The standard InChI is InChI=1S/C24H22F7N3O3/c1-14-8-15(2)10-18(9-14)36-20-6-7-32-22(33-20)34(13-19(35)23(27,28)29)12-16-4-3-5-17(11-16)37-24(30,31)21(25)26/h3-11,19,21,35H,12-13H2,1-2H3/t19-/m1/s1. The van der Waals surface area contributed by atoms with Gasteiger partial charge in [-0.3, -0.25) is 0 Å². The number of ether oxygens (including phenoxy) is 2. The second-order valence-electron chi connectivity index (χ2n) is 8.17. The number of benzene rings is 2. The number of halogens is 7. The van der Waals surface area contributed by atoms with Gasteiger partial charge < -0.3 is 19.5 Å². The molecule has 0 spiro atoms. The number of alkyl halides is 7. The molecular formula is C24H22F7N3O3. The van der Waals surface area contributed by atoms with E-state index in [1.807, 2.05) is 19.9 Å². The van der Waals surface area contributed by atoms with Crippen LogP contribution in [0, 0.1) is 13.8 Å². The summed E-state index contributed by atoms with van der Waals surface area (Å²) in [6.07, 6.45) is -15.4. The monoisotopic (exact) mass is 533 g/mol. The maximum Gasteiger partial charge on any atom is 0.461 e. The Morgan fingerprint density at radius 3 is 2.24 bits per heavy atom. The van der Waals surface area contributed by atoms with Gasteiger partial charge in [0.25, 0.3) is 0 Å². The second-order valence-corrected chi connectivity index (χ2v) is 8.17. The molecule has 2 aromatic carbocycles. The Bertz CT molecular complexity index is 1190. The van der Waals surface area contributed by atoms with Crippen LogP contribution in [0.4, 0.5) is 36.7 Å². The van der Waals surface area contributed by atoms with Crippen LogP contribution in [0.5, 0.6) is 17.4 Å². The van der Waals surface area contributed by atoms with E-state index < -0.39 is 43.7 Å². The topological polar surface area (TPSA) is 67.7 Å². The SMILES string of the molecule is Cc1cc(C)cc(Oc2ccnc(N(Cc3cccc(OC(F)(F)C(F)F)c3)C[C@@H](O)C(F)(F)F)n2)c1. The molecule has 1 aromatic heterocycles. The lowest BCUT2D eigenvalue weighted by molar-refractivity contribution is -0.253. The summed E-state index contributed by atoms with van der Waals surface area (Å²) < 4.78 is 101. The highest BCUT2D eigenvalue weighted by Crippen LogP contribution is 2.30. The number of aliphatic hydroxyl groups is 1. The lowest BCUT2D eigenvalue weighted by atomic mass is 10.1. The fourth-order valence-electron chi connectivity index (χ4n) is 3.31. The van der Waals surface area contributed by atoms with Gasteiger partial charge in [-0.1, -0.05) is 18.2 Å². The van der Waals surface area contributed by atoms with Crippen molar-refractivity contribution in [3.63, 3.8) is 0 Å². The molecule has 0 saturated carbocycles. The highest BCUT2D eigenvalue weighted by molar-refractivity contribution is 5.39. The fourth-order valence-corrected chi connectivity index (χ4v) is 3.31. The smallest absolute Gasteiger partial charge is 0.439 e. The molecule has 0 fully saturated rings. The van der Waals surface area contributed by atoms with E-state index in [9.17, 15) is 35.8 Å². The van der Waals surface area contributed by atoms with Gasteiger partial charge in [-0.25, -0.2) is 4.98 Å². The Hall–Kier alpha value is -3.61. The zero-order valence-electron chi connectivity index (χ0n) is 19.5. The van der Waals surface area contributed by atoms with Crippen LogP contribution in [0.25, 0.3) is 0 Å². The molecule has 0 aliphatic rings. The average molecular weight is 533 g/mol. The van der Waals surface area contributed by atoms with Crippen LogP contribution in [0.2, 0.25) is 0 Å². The lowest BCUT2D eigenvalue weighted by Gasteiger charge is -2.27. The summed E-state index contributed by atoms with van der Waals surface area (Å²) in [5.41, 5.74) is 1.90. The van der Waals surface area contributed by atoms with Crippen molar-refractivity contribution in [1.29, 1.82) is 0 Å². The molecule has 1 atom stereocenters. The highest BCUT2D eigenvalue weighted by Gasteiger charge is 2.44. The van der Waals surface area contributed by atoms with E-state index in [1.54, 1.807) is 12.1 Å². The molecule has 0 aliphatic carbocycles. The molecule has 0 saturated heterocycles. The zero-order chi connectivity index (χ0) is 27.4. The van der Waals surface area contributed by atoms with Crippen molar-refractivity contribution in [2.75, 3.05) is 11.4 Å². The van der Waals surface area contributed by atoms with Crippen molar-refractivity contribution < 1.29 is 45.3 Å². The molecule has 1 N–H and O–H groups in total. The van der Waals surface area contributed by atoms with Crippen molar-refractivity contribution >= 4 is 5.95 Å². The summed E-state index contributed by atoms with van der Waals surface area (Å²) in [6.45, 7) is 2.26. The maximum absolute atomic E-state index is 13.3. The van der Waals surface area contributed by atoms with Gasteiger partial charge in [0.05, 0.1) is 6.54 Å². The summed E-state index contributed by atoms with van der Waals surface area (Å²) >= 11 is 0. The highest BCUT2D eigenvalue weighted by atomic mass is 19.4. The summed E-state index contributed by atoms with van der Waals surface area (Å²) in [5, 5.41) is 9.67. The van der Waals surface area contributed by atoms with E-state index in [0.717, 1.165) is 28.2 Å². The molecule has 0 unspecified atom stereocenters. The van der Waals surface area contributed by atoms with Crippen LogP contribution in [-0.4, -0.2) is 46.4 Å². The number of nitrogens with zero attached hydrogens (tertiary/aromatic N) is 3. The van der Waals surface area contributed by atoms with E-state index in [0.29, 0.717) is 5.75 Å². The Kier molecular flexibility index (Phi) is 8.46. The molecule has 0 radical (unpaired) electrons. The van der Waals surface area contributed by atoms with Gasteiger partial charge in [-0.2, -0.15) is 35.7 Å². The van der Waals surface area contributed by atoms with Crippen LogP contribution in [0.15, 0.2) is 54.7 Å². The molecule has 6 nitrogen and oxygen atoms in total. The first-order chi connectivity index (χ1) is 17.2. The Labute approximate surface area is 207 Å². The average Bonchev–Trinajstić information content (AvgIpc) is 2.77. The fraction of sp³-hybridized carbons (Fsp3) is 0.333. The Morgan fingerprint density at radius 2 is 1.62 bits per heavy atom. The molecule has 0 aliphatic heterocycles. The van der Waals surface area contributed by atoms with Crippen molar-refractivity contribution in [3.05, 3.63) is 71.4 Å². The van der Waals surface area contributed by atoms with Crippen molar-refractivity contribution in [3.8, 4) is 17.4 Å². The largest absolute Gasteiger partial charge is 0.461 e. The van der Waals surface area contributed by atoms with Crippen LogP contribution in [0.1, 0.15) is 16.7 Å². The van der Waals surface area contributed by atoms with E-state index in [1.165, 1.54) is 24.4 Å². The first-order valence-corrected chi connectivity index (χ1v) is 10.8. The number of aromatic nitrogens is 2. The van der Waals surface area contributed by atoms with Gasteiger partial charge in [0.1, 0.15) is 11.5 Å². The Morgan fingerprint density at radius 1 is 0.946 bits per heavy atom. The van der Waals surface area contributed by atoms with Gasteiger partial charge in [-0.15, -0.1) is 0 Å². The van der Waals surface area contributed by atoms with Crippen molar-refractivity contribution in [2.45, 2.75) is 45.2 Å². The third-order valence-corrected chi connectivity index (χ3v) is 4.87. The minimum absolute atomic E-state index is 0.00448. The van der Waals surface area contributed by atoms with Crippen LogP contribution < -0.4 is 14.4 Å². The van der Waals surface area contributed by atoms with Gasteiger partial charge in [0.15, 0.2) is 6.10 Å². The zero-order valence-corrected chi connectivity index (χ0v) is 19.5. The van der Waals surface area contributed by atoms with Gasteiger partial charge in [0.2, 0.25) is 11.8 Å². The van der Waals surface area contributed by atoms with Gasteiger partial charge in [0, 0.05) is 18.8 Å².